The second-order valence-electron chi connectivity index (χ2n) is 5.47. The Bertz CT molecular complexity index is 658. The first-order valence-corrected chi connectivity index (χ1v) is 8.27. The van der Waals surface area contributed by atoms with Crippen molar-refractivity contribution >= 4 is 34.2 Å². The number of nitrogens with two attached hydrogens (primary N) is 1. The normalized spacial score (nSPS) is 12.7. The molecule has 0 heterocycles. The van der Waals surface area contributed by atoms with E-state index in [0.29, 0.717) is 13.2 Å². The third kappa shape index (κ3) is 5.23. The van der Waals surface area contributed by atoms with E-state index in [1.807, 2.05) is 55.5 Å². The van der Waals surface area contributed by atoms with Crippen molar-refractivity contribution in [1.29, 1.82) is 0 Å². The molecule has 6 heteroatoms. The molecule has 2 aromatic carbocycles. The van der Waals surface area contributed by atoms with Gasteiger partial charge in [-0.3, -0.25) is 4.79 Å². The molecule has 24 heavy (non-hydrogen) atoms. The lowest BCUT2D eigenvalue weighted by Gasteiger charge is -2.24. The highest BCUT2D eigenvalue weighted by molar-refractivity contribution is 9.10. The van der Waals surface area contributed by atoms with Gasteiger partial charge in [0.25, 0.3) is 0 Å². The van der Waals surface area contributed by atoms with Crippen LogP contribution in [0.3, 0.4) is 0 Å². The molecule has 3 N–H and O–H groups in total. The molecule has 130 valence electrons. The van der Waals surface area contributed by atoms with Crippen LogP contribution in [0.5, 0.6) is 5.75 Å². The van der Waals surface area contributed by atoms with Crippen molar-refractivity contribution in [3.63, 3.8) is 0 Å². The highest BCUT2D eigenvalue weighted by atomic mass is 79.9. The first kappa shape index (κ1) is 20.5. The Kier molecular flexibility index (Phi) is 7.73. The summed E-state index contributed by atoms with van der Waals surface area (Å²) in [5.41, 5.74) is 6.90. The highest BCUT2D eigenvalue weighted by Gasteiger charge is 2.30. The second-order valence-corrected chi connectivity index (χ2v) is 6.38. The third-order valence-corrected chi connectivity index (χ3v) is 4.13. The number of hydrogen-bond donors (Lipinski definition) is 2. The SMILES string of the molecule is CCOc1ccc(CNC(=O)C(C)(N)c2ccc(Br)cc2)cc1.Cl. The number of carbonyl (C=O) groups excluding carboxylic acids is 1. The van der Waals surface area contributed by atoms with Gasteiger partial charge in [-0.2, -0.15) is 0 Å². The van der Waals surface area contributed by atoms with Crippen LogP contribution in [0.2, 0.25) is 0 Å². The van der Waals surface area contributed by atoms with Gasteiger partial charge in [0.15, 0.2) is 0 Å². The number of rotatable bonds is 6. The van der Waals surface area contributed by atoms with Gasteiger partial charge in [0.1, 0.15) is 11.3 Å². The summed E-state index contributed by atoms with van der Waals surface area (Å²) < 4.78 is 6.35. The summed E-state index contributed by atoms with van der Waals surface area (Å²) in [6, 6.07) is 15.1. The van der Waals surface area contributed by atoms with E-state index in [9.17, 15) is 4.79 Å². The molecule has 2 rings (SSSR count). The number of ether oxygens (including phenoxy) is 1. The minimum Gasteiger partial charge on any atom is -0.494 e. The predicted octanol–water partition coefficient (Wildman–Crippen LogP) is 3.76. The standard InChI is InChI=1S/C18H21BrN2O2.ClH/c1-3-23-16-10-4-13(5-11-16)12-21-17(22)18(2,20)14-6-8-15(19)9-7-14;/h4-11H,3,12,20H2,1-2H3,(H,21,22);1H. The Balaban J connectivity index is 0.00000288. The summed E-state index contributed by atoms with van der Waals surface area (Å²) in [6.07, 6.45) is 0. The van der Waals surface area contributed by atoms with E-state index < -0.39 is 5.54 Å². The molecular formula is C18H22BrClN2O2. The van der Waals surface area contributed by atoms with Gasteiger partial charge in [0, 0.05) is 11.0 Å². The largest absolute Gasteiger partial charge is 0.494 e. The van der Waals surface area contributed by atoms with Crippen LogP contribution < -0.4 is 15.8 Å². The van der Waals surface area contributed by atoms with Crippen LogP contribution in [0, 0.1) is 0 Å². The monoisotopic (exact) mass is 412 g/mol. The van der Waals surface area contributed by atoms with E-state index in [1.165, 1.54) is 0 Å². The van der Waals surface area contributed by atoms with Crippen molar-refractivity contribution in [3.8, 4) is 5.75 Å². The molecule has 0 saturated carbocycles. The summed E-state index contributed by atoms with van der Waals surface area (Å²) in [7, 11) is 0. The lowest BCUT2D eigenvalue weighted by atomic mass is 9.92. The van der Waals surface area contributed by atoms with Gasteiger partial charge in [0.2, 0.25) is 5.91 Å². The number of halogens is 2. The molecule has 4 nitrogen and oxygen atoms in total. The van der Waals surface area contributed by atoms with Gasteiger partial charge in [-0.25, -0.2) is 0 Å². The van der Waals surface area contributed by atoms with Crippen LogP contribution in [0.25, 0.3) is 0 Å². The van der Waals surface area contributed by atoms with Crippen LogP contribution in [-0.4, -0.2) is 12.5 Å². The maximum absolute atomic E-state index is 12.4. The Hall–Kier alpha value is -1.56. The zero-order valence-corrected chi connectivity index (χ0v) is 16.1. The molecule has 1 atom stereocenters. The molecule has 0 fully saturated rings. The molecule has 0 saturated heterocycles. The van der Waals surface area contributed by atoms with Crippen LogP contribution in [-0.2, 0) is 16.9 Å². The minimum atomic E-state index is -1.08. The van der Waals surface area contributed by atoms with Gasteiger partial charge in [-0.05, 0) is 49.2 Å². The number of carbonyl (C=O) groups is 1. The predicted molar refractivity (Wildman–Crippen MR) is 102 cm³/mol. The van der Waals surface area contributed by atoms with E-state index in [4.69, 9.17) is 10.5 Å². The van der Waals surface area contributed by atoms with Crippen molar-refractivity contribution in [2.24, 2.45) is 5.73 Å². The first-order chi connectivity index (χ1) is 10.9. The fraction of sp³-hybridized carbons (Fsp3) is 0.278. The van der Waals surface area contributed by atoms with Crippen LogP contribution in [0.15, 0.2) is 53.0 Å². The maximum Gasteiger partial charge on any atom is 0.244 e. The molecule has 0 spiro atoms. The number of benzene rings is 2. The van der Waals surface area contributed by atoms with Gasteiger partial charge in [0.05, 0.1) is 6.61 Å². The molecule has 0 radical (unpaired) electrons. The average Bonchev–Trinajstić information content (AvgIpc) is 2.54. The van der Waals surface area contributed by atoms with Gasteiger partial charge in [-0.1, -0.05) is 40.2 Å². The van der Waals surface area contributed by atoms with Crippen molar-refractivity contribution in [2.75, 3.05) is 6.61 Å². The van der Waals surface area contributed by atoms with Crippen molar-refractivity contribution in [1.82, 2.24) is 5.32 Å². The van der Waals surface area contributed by atoms with Gasteiger partial charge < -0.3 is 15.8 Å². The van der Waals surface area contributed by atoms with E-state index in [2.05, 4.69) is 21.2 Å². The maximum atomic E-state index is 12.4. The third-order valence-electron chi connectivity index (χ3n) is 3.60. The van der Waals surface area contributed by atoms with Crippen molar-refractivity contribution < 1.29 is 9.53 Å². The smallest absolute Gasteiger partial charge is 0.244 e. The Morgan fingerprint density at radius 1 is 1.17 bits per heavy atom. The molecule has 0 aliphatic heterocycles. The molecule has 1 amide bonds. The molecule has 0 bridgehead atoms. The number of hydrogen-bond acceptors (Lipinski definition) is 3. The lowest BCUT2D eigenvalue weighted by molar-refractivity contribution is -0.126. The van der Waals surface area contributed by atoms with Gasteiger partial charge >= 0.3 is 0 Å². The Morgan fingerprint density at radius 2 is 1.75 bits per heavy atom. The number of amides is 1. The lowest BCUT2D eigenvalue weighted by Crippen LogP contribution is -2.48. The fourth-order valence-corrected chi connectivity index (χ4v) is 2.43. The molecular weight excluding hydrogens is 392 g/mol. The van der Waals surface area contributed by atoms with E-state index in [0.717, 1.165) is 21.3 Å². The van der Waals surface area contributed by atoms with Crippen molar-refractivity contribution in [3.05, 3.63) is 64.1 Å². The Labute approximate surface area is 157 Å². The zero-order chi connectivity index (χ0) is 16.9. The molecule has 0 aliphatic rings. The van der Waals surface area contributed by atoms with E-state index in [1.54, 1.807) is 6.92 Å². The van der Waals surface area contributed by atoms with Crippen LogP contribution in [0.4, 0.5) is 0 Å². The summed E-state index contributed by atoms with van der Waals surface area (Å²) >= 11 is 3.38. The molecule has 0 aliphatic carbocycles. The summed E-state index contributed by atoms with van der Waals surface area (Å²) in [6.45, 7) is 4.71. The topological polar surface area (TPSA) is 64.3 Å². The first-order valence-electron chi connectivity index (χ1n) is 7.48. The average molecular weight is 414 g/mol. The van der Waals surface area contributed by atoms with Crippen LogP contribution in [0.1, 0.15) is 25.0 Å². The van der Waals surface area contributed by atoms with Crippen LogP contribution >= 0.6 is 28.3 Å². The molecule has 2 aromatic rings. The quantitative estimate of drug-likeness (QED) is 0.758. The zero-order valence-electron chi connectivity index (χ0n) is 13.7. The van der Waals surface area contributed by atoms with E-state index >= 15 is 0 Å². The van der Waals surface area contributed by atoms with E-state index in [-0.39, 0.29) is 18.3 Å². The molecule has 1 unspecified atom stereocenters. The summed E-state index contributed by atoms with van der Waals surface area (Å²) in [5.74, 6) is 0.606. The number of nitrogens with one attached hydrogen (secondary N) is 1. The second kappa shape index (κ2) is 9.06. The summed E-state index contributed by atoms with van der Waals surface area (Å²) in [4.78, 5) is 12.4. The highest BCUT2D eigenvalue weighted by Crippen LogP contribution is 2.21. The van der Waals surface area contributed by atoms with Crippen molar-refractivity contribution in [2.45, 2.75) is 25.9 Å². The Morgan fingerprint density at radius 3 is 2.29 bits per heavy atom. The van der Waals surface area contributed by atoms with Gasteiger partial charge in [-0.15, -0.1) is 12.4 Å². The summed E-state index contributed by atoms with van der Waals surface area (Å²) in [5, 5.41) is 2.89. The minimum absolute atomic E-state index is 0. The molecule has 0 aromatic heterocycles. The fourth-order valence-electron chi connectivity index (χ4n) is 2.16.